The Morgan fingerprint density at radius 1 is 1.50 bits per heavy atom. The number of carbonyl (C=O) groups is 1. The van der Waals surface area contributed by atoms with Gasteiger partial charge in [-0.25, -0.2) is 0 Å². The van der Waals surface area contributed by atoms with Crippen molar-refractivity contribution in [3.8, 4) is 0 Å². The molecule has 110 valence electrons. The van der Waals surface area contributed by atoms with Gasteiger partial charge in [-0.3, -0.25) is 4.79 Å². The van der Waals surface area contributed by atoms with Crippen LogP contribution in [-0.2, 0) is 9.53 Å². The van der Waals surface area contributed by atoms with Crippen molar-refractivity contribution in [1.29, 1.82) is 0 Å². The van der Waals surface area contributed by atoms with E-state index in [4.69, 9.17) is 16.3 Å². The third kappa shape index (κ3) is 4.20. The number of amides is 1. The van der Waals surface area contributed by atoms with Crippen LogP contribution in [0.25, 0.3) is 0 Å². The molecular formula is C15H21ClN2O2. The highest BCUT2D eigenvalue weighted by atomic mass is 35.5. The minimum Gasteiger partial charge on any atom is -0.385 e. The summed E-state index contributed by atoms with van der Waals surface area (Å²) in [6.07, 6.45) is 1.66. The van der Waals surface area contributed by atoms with E-state index in [0.717, 1.165) is 31.5 Å². The Balaban J connectivity index is 2.02. The molecule has 2 N–H and O–H groups in total. The summed E-state index contributed by atoms with van der Waals surface area (Å²) in [4.78, 5) is 12.2. The van der Waals surface area contributed by atoms with Crippen molar-refractivity contribution in [2.75, 3.05) is 26.8 Å². The fourth-order valence-electron chi connectivity index (χ4n) is 2.42. The second-order valence-corrected chi connectivity index (χ2v) is 5.52. The SMILES string of the molecule is COCC[C@@H](NC(=O)[C@H]1CCNC1)c1ccc(Cl)cc1. The highest BCUT2D eigenvalue weighted by Gasteiger charge is 2.24. The van der Waals surface area contributed by atoms with E-state index in [1.165, 1.54) is 0 Å². The third-order valence-electron chi connectivity index (χ3n) is 3.63. The molecule has 0 unspecified atom stereocenters. The molecule has 1 saturated heterocycles. The van der Waals surface area contributed by atoms with Crippen LogP contribution in [0.2, 0.25) is 5.02 Å². The number of hydrogen-bond donors (Lipinski definition) is 2. The van der Waals surface area contributed by atoms with Crippen molar-refractivity contribution >= 4 is 17.5 Å². The molecule has 1 amide bonds. The summed E-state index contributed by atoms with van der Waals surface area (Å²) < 4.78 is 5.13. The van der Waals surface area contributed by atoms with Gasteiger partial charge in [0.25, 0.3) is 0 Å². The Morgan fingerprint density at radius 3 is 2.85 bits per heavy atom. The molecule has 20 heavy (non-hydrogen) atoms. The van der Waals surface area contributed by atoms with Gasteiger partial charge in [-0.15, -0.1) is 0 Å². The lowest BCUT2D eigenvalue weighted by molar-refractivity contribution is -0.125. The van der Waals surface area contributed by atoms with Crippen LogP contribution in [0.3, 0.4) is 0 Å². The van der Waals surface area contributed by atoms with Crippen LogP contribution < -0.4 is 10.6 Å². The molecule has 0 spiro atoms. The predicted molar refractivity (Wildman–Crippen MR) is 79.8 cm³/mol. The Bertz CT molecular complexity index is 430. The van der Waals surface area contributed by atoms with E-state index < -0.39 is 0 Å². The number of rotatable bonds is 6. The van der Waals surface area contributed by atoms with Crippen LogP contribution >= 0.6 is 11.6 Å². The first kappa shape index (κ1) is 15.3. The first-order valence-electron chi connectivity index (χ1n) is 6.96. The van der Waals surface area contributed by atoms with E-state index in [1.54, 1.807) is 7.11 Å². The van der Waals surface area contributed by atoms with E-state index in [9.17, 15) is 4.79 Å². The highest BCUT2D eigenvalue weighted by Crippen LogP contribution is 2.21. The van der Waals surface area contributed by atoms with Crippen LogP contribution in [0.1, 0.15) is 24.4 Å². The van der Waals surface area contributed by atoms with Gasteiger partial charge in [-0.1, -0.05) is 23.7 Å². The minimum atomic E-state index is -0.0275. The van der Waals surface area contributed by atoms with Crippen LogP contribution in [0.4, 0.5) is 0 Å². The number of nitrogens with one attached hydrogen (secondary N) is 2. The summed E-state index contributed by atoms with van der Waals surface area (Å²) in [5, 5.41) is 7.04. The number of benzene rings is 1. The first-order chi connectivity index (χ1) is 9.70. The number of carbonyl (C=O) groups excluding carboxylic acids is 1. The standard InChI is InChI=1S/C15H21ClN2O2/c1-20-9-7-14(11-2-4-13(16)5-3-11)18-15(19)12-6-8-17-10-12/h2-5,12,14,17H,6-10H2,1H3,(H,18,19)/t12-,14+/m0/s1. The molecule has 1 aromatic rings. The molecular weight excluding hydrogens is 276 g/mol. The normalized spacial score (nSPS) is 19.8. The largest absolute Gasteiger partial charge is 0.385 e. The van der Waals surface area contributed by atoms with Crippen LogP contribution in [-0.4, -0.2) is 32.7 Å². The van der Waals surface area contributed by atoms with Crippen molar-refractivity contribution in [2.24, 2.45) is 5.92 Å². The van der Waals surface area contributed by atoms with Gasteiger partial charge >= 0.3 is 0 Å². The quantitative estimate of drug-likeness (QED) is 0.846. The van der Waals surface area contributed by atoms with E-state index >= 15 is 0 Å². The molecule has 0 radical (unpaired) electrons. The zero-order chi connectivity index (χ0) is 14.4. The average Bonchev–Trinajstić information content (AvgIpc) is 2.98. The maximum absolute atomic E-state index is 12.2. The lowest BCUT2D eigenvalue weighted by atomic mass is 10.0. The third-order valence-corrected chi connectivity index (χ3v) is 3.88. The molecule has 1 aliphatic rings. The fourth-order valence-corrected chi connectivity index (χ4v) is 2.55. The van der Waals surface area contributed by atoms with E-state index in [1.807, 2.05) is 24.3 Å². The van der Waals surface area contributed by atoms with E-state index in [0.29, 0.717) is 11.6 Å². The van der Waals surface area contributed by atoms with Gasteiger partial charge in [-0.05, 0) is 37.1 Å². The summed E-state index contributed by atoms with van der Waals surface area (Å²) in [7, 11) is 1.67. The summed E-state index contributed by atoms with van der Waals surface area (Å²) in [5.41, 5.74) is 1.06. The summed E-state index contributed by atoms with van der Waals surface area (Å²) >= 11 is 5.91. The number of halogens is 1. The molecule has 0 aromatic heterocycles. The fraction of sp³-hybridized carbons (Fsp3) is 0.533. The first-order valence-corrected chi connectivity index (χ1v) is 7.34. The Morgan fingerprint density at radius 2 is 2.25 bits per heavy atom. The van der Waals surface area contributed by atoms with Gasteiger partial charge in [0.05, 0.1) is 12.0 Å². The predicted octanol–water partition coefficient (Wildman–Crippen LogP) is 2.14. The molecule has 0 bridgehead atoms. The molecule has 2 atom stereocenters. The van der Waals surface area contributed by atoms with Crippen molar-refractivity contribution < 1.29 is 9.53 Å². The van der Waals surface area contributed by atoms with Crippen molar-refractivity contribution in [2.45, 2.75) is 18.9 Å². The van der Waals surface area contributed by atoms with Crippen molar-refractivity contribution in [1.82, 2.24) is 10.6 Å². The molecule has 1 heterocycles. The summed E-state index contributed by atoms with van der Waals surface area (Å²) in [6.45, 7) is 2.29. The second-order valence-electron chi connectivity index (χ2n) is 5.08. The zero-order valence-corrected chi connectivity index (χ0v) is 12.5. The Hall–Kier alpha value is -1.10. The molecule has 4 nitrogen and oxygen atoms in total. The smallest absolute Gasteiger partial charge is 0.224 e. The Kier molecular flexibility index (Phi) is 5.83. The molecule has 1 aliphatic heterocycles. The minimum absolute atomic E-state index is 0.0275. The molecule has 0 saturated carbocycles. The monoisotopic (exact) mass is 296 g/mol. The van der Waals surface area contributed by atoms with Gasteiger partial charge in [0.2, 0.25) is 5.91 Å². The lowest BCUT2D eigenvalue weighted by Crippen LogP contribution is -2.35. The van der Waals surface area contributed by atoms with Gasteiger partial charge < -0.3 is 15.4 Å². The average molecular weight is 297 g/mol. The van der Waals surface area contributed by atoms with Gasteiger partial charge in [0.1, 0.15) is 0 Å². The number of methoxy groups -OCH3 is 1. The summed E-state index contributed by atoms with van der Waals surface area (Å²) in [5.74, 6) is 0.193. The van der Waals surface area contributed by atoms with Crippen LogP contribution in [0.15, 0.2) is 24.3 Å². The molecule has 1 fully saturated rings. The number of ether oxygens (including phenoxy) is 1. The zero-order valence-electron chi connectivity index (χ0n) is 11.7. The van der Waals surface area contributed by atoms with E-state index in [2.05, 4.69) is 10.6 Å². The summed E-state index contributed by atoms with van der Waals surface area (Å²) in [6, 6.07) is 7.58. The van der Waals surface area contributed by atoms with Crippen LogP contribution in [0, 0.1) is 5.92 Å². The van der Waals surface area contributed by atoms with Crippen molar-refractivity contribution in [3.63, 3.8) is 0 Å². The van der Waals surface area contributed by atoms with Gasteiger partial charge in [-0.2, -0.15) is 0 Å². The van der Waals surface area contributed by atoms with E-state index in [-0.39, 0.29) is 17.9 Å². The highest BCUT2D eigenvalue weighted by molar-refractivity contribution is 6.30. The molecule has 1 aromatic carbocycles. The second kappa shape index (κ2) is 7.62. The van der Waals surface area contributed by atoms with Gasteiger partial charge in [0.15, 0.2) is 0 Å². The molecule has 0 aliphatic carbocycles. The number of hydrogen-bond acceptors (Lipinski definition) is 3. The maximum atomic E-state index is 12.2. The van der Waals surface area contributed by atoms with Crippen molar-refractivity contribution in [3.05, 3.63) is 34.9 Å². The van der Waals surface area contributed by atoms with Gasteiger partial charge in [0, 0.05) is 25.3 Å². The topological polar surface area (TPSA) is 50.4 Å². The molecule has 5 heteroatoms. The lowest BCUT2D eigenvalue weighted by Gasteiger charge is -2.21. The Labute approximate surface area is 124 Å². The van der Waals surface area contributed by atoms with Crippen LogP contribution in [0.5, 0.6) is 0 Å². The maximum Gasteiger partial charge on any atom is 0.224 e. The molecule has 2 rings (SSSR count).